The average molecular weight is 386 g/mol. The Balaban J connectivity index is 2.20. The van der Waals surface area contributed by atoms with Gasteiger partial charge in [-0.1, -0.05) is 13.0 Å². The van der Waals surface area contributed by atoms with Gasteiger partial charge in [0.1, 0.15) is 5.00 Å². The highest BCUT2D eigenvalue weighted by Gasteiger charge is 2.12. The molecule has 2 aromatic rings. The molecule has 19 heavy (non-hydrogen) atoms. The average Bonchev–Trinajstić information content (AvgIpc) is 2.73. The van der Waals surface area contributed by atoms with Crippen molar-refractivity contribution in [2.75, 3.05) is 5.32 Å². The van der Waals surface area contributed by atoms with E-state index >= 15 is 0 Å². The molecule has 0 bridgehead atoms. The molecule has 0 saturated heterocycles. The van der Waals surface area contributed by atoms with Crippen molar-refractivity contribution < 1.29 is 4.79 Å². The molecule has 1 amide bonds. The SMILES string of the molecule is CCc1nc(C)c(NC(=O)c2ccc(C)c(I)c2)s1. The van der Waals surface area contributed by atoms with Crippen molar-refractivity contribution in [1.29, 1.82) is 0 Å². The van der Waals surface area contributed by atoms with Gasteiger partial charge in [-0.05, 0) is 60.6 Å². The molecule has 0 saturated carbocycles. The lowest BCUT2D eigenvalue weighted by Gasteiger charge is -2.05. The van der Waals surface area contributed by atoms with Gasteiger partial charge in [0.05, 0.1) is 10.7 Å². The van der Waals surface area contributed by atoms with Gasteiger partial charge >= 0.3 is 0 Å². The van der Waals surface area contributed by atoms with Gasteiger partial charge in [0.2, 0.25) is 0 Å². The normalized spacial score (nSPS) is 10.5. The molecule has 3 nitrogen and oxygen atoms in total. The summed E-state index contributed by atoms with van der Waals surface area (Å²) in [4.78, 5) is 16.6. The highest BCUT2D eigenvalue weighted by molar-refractivity contribution is 14.1. The van der Waals surface area contributed by atoms with Crippen LogP contribution in [0.5, 0.6) is 0 Å². The zero-order chi connectivity index (χ0) is 14.0. The summed E-state index contributed by atoms with van der Waals surface area (Å²) < 4.78 is 1.10. The summed E-state index contributed by atoms with van der Waals surface area (Å²) in [5.74, 6) is -0.0766. The Hall–Kier alpha value is -0.950. The number of nitrogens with zero attached hydrogens (tertiary/aromatic N) is 1. The minimum absolute atomic E-state index is 0.0766. The third-order valence-corrected chi connectivity index (χ3v) is 5.18. The molecular formula is C14H15IN2OS. The van der Waals surface area contributed by atoms with Gasteiger partial charge in [-0.25, -0.2) is 4.98 Å². The molecule has 0 aliphatic carbocycles. The van der Waals surface area contributed by atoms with Gasteiger partial charge in [0.25, 0.3) is 5.91 Å². The minimum atomic E-state index is -0.0766. The molecular weight excluding hydrogens is 371 g/mol. The maximum absolute atomic E-state index is 12.2. The Bertz CT molecular complexity index is 622. The first-order chi connectivity index (χ1) is 9.01. The van der Waals surface area contributed by atoms with Crippen molar-refractivity contribution in [3.05, 3.63) is 43.6 Å². The number of aromatic nitrogens is 1. The molecule has 100 valence electrons. The van der Waals surface area contributed by atoms with Crippen molar-refractivity contribution in [1.82, 2.24) is 4.98 Å². The van der Waals surface area contributed by atoms with Crippen molar-refractivity contribution in [3.63, 3.8) is 0 Å². The first kappa shape index (κ1) is 14.5. The largest absolute Gasteiger partial charge is 0.312 e. The number of hydrogen-bond acceptors (Lipinski definition) is 3. The molecule has 2 rings (SSSR count). The van der Waals surface area contributed by atoms with E-state index in [1.54, 1.807) is 11.3 Å². The molecule has 0 aliphatic rings. The van der Waals surface area contributed by atoms with Crippen LogP contribution in [-0.2, 0) is 6.42 Å². The number of anilines is 1. The number of aryl methyl sites for hydroxylation is 3. The van der Waals surface area contributed by atoms with Crippen LogP contribution in [-0.4, -0.2) is 10.9 Å². The fourth-order valence-electron chi connectivity index (χ4n) is 1.63. The molecule has 1 aromatic carbocycles. The van der Waals surface area contributed by atoms with Crippen LogP contribution in [0.25, 0.3) is 0 Å². The highest BCUT2D eigenvalue weighted by atomic mass is 127. The van der Waals surface area contributed by atoms with E-state index in [2.05, 4.69) is 39.8 Å². The van der Waals surface area contributed by atoms with Crippen molar-refractivity contribution in [2.24, 2.45) is 0 Å². The second kappa shape index (κ2) is 6.00. The van der Waals surface area contributed by atoms with Gasteiger partial charge in [-0.3, -0.25) is 4.79 Å². The number of benzene rings is 1. The van der Waals surface area contributed by atoms with Gasteiger partial charge in [0.15, 0.2) is 0 Å². The number of carbonyl (C=O) groups is 1. The number of thiazole rings is 1. The first-order valence-corrected chi connectivity index (χ1v) is 7.94. The number of amides is 1. The highest BCUT2D eigenvalue weighted by Crippen LogP contribution is 2.25. The van der Waals surface area contributed by atoms with Crippen LogP contribution in [0.3, 0.4) is 0 Å². The van der Waals surface area contributed by atoms with Gasteiger partial charge in [-0.15, -0.1) is 11.3 Å². The topological polar surface area (TPSA) is 42.0 Å². The summed E-state index contributed by atoms with van der Waals surface area (Å²) >= 11 is 3.79. The molecule has 5 heteroatoms. The number of halogens is 1. The Labute approximate surface area is 130 Å². The van der Waals surface area contributed by atoms with Gasteiger partial charge in [-0.2, -0.15) is 0 Å². The molecule has 1 N–H and O–H groups in total. The molecule has 1 heterocycles. The number of carbonyl (C=O) groups excluding carboxylic acids is 1. The molecule has 1 aromatic heterocycles. The summed E-state index contributed by atoms with van der Waals surface area (Å²) in [6, 6.07) is 5.72. The van der Waals surface area contributed by atoms with E-state index in [0.29, 0.717) is 5.56 Å². The zero-order valence-corrected chi connectivity index (χ0v) is 14.1. The van der Waals surface area contributed by atoms with Crippen LogP contribution in [0.15, 0.2) is 18.2 Å². The van der Waals surface area contributed by atoms with E-state index in [0.717, 1.165) is 25.7 Å². The lowest BCUT2D eigenvalue weighted by atomic mass is 10.1. The summed E-state index contributed by atoms with van der Waals surface area (Å²) in [5, 5.41) is 4.83. The molecule has 0 atom stereocenters. The standard InChI is InChI=1S/C14H15IN2OS/c1-4-12-16-9(3)14(19-12)17-13(18)10-6-5-8(2)11(15)7-10/h5-7H,4H2,1-3H3,(H,17,18). The van der Waals surface area contributed by atoms with Crippen molar-refractivity contribution in [3.8, 4) is 0 Å². The van der Waals surface area contributed by atoms with E-state index in [4.69, 9.17) is 0 Å². The van der Waals surface area contributed by atoms with E-state index in [1.807, 2.05) is 32.0 Å². The summed E-state index contributed by atoms with van der Waals surface area (Å²) in [5.41, 5.74) is 2.75. The number of rotatable bonds is 3. The molecule has 0 radical (unpaired) electrons. The molecule has 0 spiro atoms. The van der Waals surface area contributed by atoms with E-state index in [1.165, 1.54) is 5.56 Å². The predicted molar refractivity (Wildman–Crippen MR) is 88.1 cm³/mol. The smallest absolute Gasteiger partial charge is 0.256 e. The fourth-order valence-corrected chi connectivity index (χ4v) is 3.04. The van der Waals surface area contributed by atoms with E-state index < -0.39 is 0 Å². The van der Waals surface area contributed by atoms with Crippen LogP contribution in [0.2, 0.25) is 0 Å². The van der Waals surface area contributed by atoms with Crippen LogP contribution in [0.1, 0.15) is 33.5 Å². The van der Waals surface area contributed by atoms with E-state index in [-0.39, 0.29) is 5.91 Å². The molecule has 0 aliphatic heterocycles. The summed E-state index contributed by atoms with van der Waals surface area (Å²) in [7, 11) is 0. The Morgan fingerprint density at radius 2 is 2.16 bits per heavy atom. The zero-order valence-electron chi connectivity index (χ0n) is 11.1. The Kier molecular flexibility index (Phi) is 4.57. The van der Waals surface area contributed by atoms with Gasteiger partial charge in [0, 0.05) is 9.13 Å². The summed E-state index contributed by atoms with van der Waals surface area (Å²) in [6.45, 7) is 6.01. The Morgan fingerprint density at radius 3 is 2.74 bits per heavy atom. The number of hydrogen-bond donors (Lipinski definition) is 1. The maximum atomic E-state index is 12.2. The third-order valence-electron chi connectivity index (χ3n) is 2.80. The van der Waals surface area contributed by atoms with Crippen molar-refractivity contribution in [2.45, 2.75) is 27.2 Å². The second-order valence-corrected chi connectivity index (χ2v) is 6.54. The third kappa shape index (κ3) is 3.33. The molecule has 0 fully saturated rings. The van der Waals surface area contributed by atoms with Crippen LogP contribution in [0, 0.1) is 17.4 Å². The van der Waals surface area contributed by atoms with Gasteiger partial charge < -0.3 is 5.32 Å². The summed E-state index contributed by atoms with van der Waals surface area (Å²) in [6.07, 6.45) is 0.893. The van der Waals surface area contributed by atoms with Crippen LogP contribution >= 0.6 is 33.9 Å². The monoisotopic (exact) mass is 386 g/mol. The lowest BCUT2D eigenvalue weighted by molar-refractivity contribution is 0.102. The fraction of sp³-hybridized carbons (Fsp3) is 0.286. The predicted octanol–water partition coefficient (Wildman–Crippen LogP) is 4.18. The van der Waals surface area contributed by atoms with Crippen LogP contribution in [0.4, 0.5) is 5.00 Å². The van der Waals surface area contributed by atoms with E-state index in [9.17, 15) is 4.79 Å². The van der Waals surface area contributed by atoms with Crippen LogP contribution < -0.4 is 5.32 Å². The maximum Gasteiger partial charge on any atom is 0.256 e. The lowest BCUT2D eigenvalue weighted by Crippen LogP contribution is -2.12. The van der Waals surface area contributed by atoms with Crippen molar-refractivity contribution >= 4 is 44.8 Å². The molecule has 0 unspecified atom stereocenters. The quantitative estimate of drug-likeness (QED) is 0.805. The minimum Gasteiger partial charge on any atom is -0.312 e. The second-order valence-electron chi connectivity index (χ2n) is 4.29. The first-order valence-electron chi connectivity index (χ1n) is 6.05. The Morgan fingerprint density at radius 1 is 1.42 bits per heavy atom. The number of nitrogens with one attached hydrogen (secondary N) is 1.